The van der Waals surface area contributed by atoms with Crippen LogP contribution in [0.1, 0.15) is 30.4 Å². The number of aryl methyl sites for hydroxylation is 1. The second-order valence-electron chi connectivity index (χ2n) is 6.18. The lowest BCUT2D eigenvalue weighted by Gasteiger charge is -2.23. The molecule has 0 bridgehead atoms. The van der Waals surface area contributed by atoms with Crippen molar-refractivity contribution in [2.24, 2.45) is 5.92 Å². The molecule has 2 N–H and O–H groups in total. The largest absolute Gasteiger partial charge is 0.350 e. The number of hydrogen-bond donors (Lipinski definition) is 2. The van der Waals surface area contributed by atoms with Gasteiger partial charge in [0.25, 0.3) is 0 Å². The summed E-state index contributed by atoms with van der Waals surface area (Å²) >= 11 is 0. The minimum Gasteiger partial charge on any atom is -0.350 e. The predicted octanol–water partition coefficient (Wildman–Crippen LogP) is 1.64. The molecule has 1 aromatic heterocycles. The highest BCUT2D eigenvalue weighted by molar-refractivity contribution is 5.92. The first-order valence-electron chi connectivity index (χ1n) is 8.13. The summed E-state index contributed by atoms with van der Waals surface area (Å²) in [7, 11) is 0. The van der Waals surface area contributed by atoms with Crippen LogP contribution in [-0.4, -0.2) is 26.8 Å². The van der Waals surface area contributed by atoms with Crippen LogP contribution in [0.15, 0.2) is 30.5 Å². The third-order valence-corrected chi connectivity index (χ3v) is 4.18. The Kier molecular flexibility index (Phi) is 4.88. The first-order chi connectivity index (χ1) is 11.6. The monoisotopic (exact) mass is 327 g/mol. The highest BCUT2D eigenvalue weighted by Gasteiger charge is 2.25. The Balaban J connectivity index is 1.46. The average Bonchev–Trinajstić information content (AvgIpc) is 2.91. The number of aromatic nitrogens is 3. The Morgan fingerprint density at radius 3 is 2.67 bits per heavy atom. The van der Waals surface area contributed by atoms with Crippen LogP contribution < -0.4 is 10.6 Å². The molecule has 2 amide bonds. The molecule has 0 radical (unpaired) electrons. The predicted molar refractivity (Wildman–Crippen MR) is 89.0 cm³/mol. The minimum absolute atomic E-state index is 0.0166. The van der Waals surface area contributed by atoms with E-state index < -0.39 is 0 Å². The zero-order valence-electron chi connectivity index (χ0n) is 13.7. The van der Waals surface area contributed by atoms with Crippen LogP contribution in [0.4, 0.5) is 5.82 Å². The van der Waals surface area contributed by atoms with E-state index in [0.717, 1.165) is 24.8 Å². The molecule has 0 spiro atoms. The molecular weight excluding hydrogens is 306 g/mol. The smallest absolute Gasteiger partial charge is 0.242 e. The molecule has 1 aliphatic carbocycles. The van der Waals surface area contributed by atoms with Gasteiger partial charge in [0, 0.05) is 12.5 Å². The Morgan fingerprint density at radius 1 is 1.25 bits per heavy atom. The van der Waals surface area contributed by atoms with E-state index in [1.54, 1.807) is 6.20 Å². The molecule has 7 heteroatoms. The van der Waals surface area contributed by atoms with Crippen LogP contribution in [0.25, 0.3) is 0 Å². The Labute approximate surface area is 140 Å². The molecule has 1 saturated carbocycles. The van der Waals surface area contributed by atoms with Gasteiger partial charge in [0.2, 0.25) is 11.8 Å². The molecule has 1 heterocycles. The molecule has 7 nitrogen and oxygen atoms in total. The Hall–Kier alpha value is -2.70. The summed E-state index contributed by atoms with van der Waals surface area (Å²) in [6, 6.07) is 7.99. The van der Waals surface area contributed by atoms with E-state index in [4.69, 9.17) is 0 Å². The van der Waals surface area contributed by atoms with Gasteiger partial charge in [-0.05, 0) is 25.3 Å². The number of carbonyl (C=O) groups is 2. The molecule has 2 aromatic rings. The van der Waals surface area contributed by atoms with Crippen molar-refractivity contribution in [3.05, 3.63) is 41.6 Å². The molecule has 126 valence electrons. The summed E-state index contributed by atoms with van der Waals surface area (Å²) in [5, 5.41) is 13.3. The van der Waals surface area contributed by atoms with Crippen molar-refractivity contribution in [1.29, 1.82) is 0 Å². The molecule has 1 aliphatic rings. The van der Waals surface area contributed by atoms with Crippen LogP contribution in [0, 0.1) is 12.8 Å². The lowest BCUT2D eigenvalue weighted by Crippen LogP contribution is -2.28. The number of nitrogens with zero attached hydrogens (tertiary/aromatic N) is 3. The van der Waals surface area contributed by atoms with E-state index in [2.05, 4.69) is 20.9 Å². The normalized spacial score (nSPS) is 14.0. The SMILES string of the molecule is Cc1ccc(CNC(=O)Cn2cc(NC(=O)C3CCC3)nn2)cc1. The topological polar surface area (TPSA) is 88.9 Å². The highest BCUT2D eigenvalue weighted by atomic mass is 16.2. The van der Waals surface area contributed by atoms with Gasteiger partial charge >= 0.3 is 0 Å². The van der Waals surface area contributed by atoms with E-state index >= 15 is 0 Å². The van der Waals surface area contributed by atoms with Gasteiger partial charge in [0.15, 0.2) is 5.82 Å². The lowest BCUT2D eigenvalue weighted by molar-refractivity contribution is -0.122. The van der Waals surface area contributed by atoms with Crippen molar-refractivity contribution in [1.82, 2.24) is 20.3 Å². The quantitative estimate of drug-likeness (QED) is 0.844. The fourth-order valence-electron chi connectivity index (χ4n) is 2.44. The summed E-state index contributed by atoms with van der Waals surface area (Å²) in [6.07, 6.45) is 4.54. The van der Waals surface area contributed by atoms with Crippen molar-refractivity contribution < 1.29 is 9.59 Å². The minimum atomic E-state index is -0.155. The zero-order valence-corrected chi connectivity index (χ0v) is 13.7. The molecule has 0 aliphatic heterocycles. The fourth-order valence-corrected chi connectivity index (χ4v) is 2.44. The average molecular weight is 327 g/mol. The van der Waals surface area contributed by atoms with Gasteiger partial charge in [0.05, 0.1) is 6.20 Å². The summed E-state index contributed by atoms with van der Waals surface area (Å²) in [4.78, 5) is 23.8. The number of anilines is 1. The van der Waals surface area contributed by atoms with Gasteiger partial charge in [-0.2, -0.15) is 0 Å². The van der Waals surface area contributed by atoms with Crippen LogP contribution >= 0.6 is 0 Å². The third kappa shape index (κ3) is 4.18. The van der Waals surface area contributed by atoms with Gasteiger partial charge < -0.3 is 10.6 Å². The van der Waals surface area contributed by atoms with Crippen molar-refractivity contribution in [2.75, 3.05) is 5.32 Å². The van der Waals surface area contributed by atoms with Crippen LogP contribution in [0.3, 0.4) is 0 Å². The van der Waals surface area contributed by atoms with Crippen molar-refractivity contribution in [3.8, 4) is 0 Å². The highest BCUT2D eigenvalue weighted by Crippen LogP contribution is 2.27. The lowest BCUT2D eigenvalue weighted by atomic mass is 9.85. The first-order valence-corrected chi connectivity index (χ1v) is 8.13. The fraction of sp³-hybridized carbons (Fsp3) is 0.412. The van der Waals surface area contributed by atoms with Gasteiger partial charge in [-0.3, -0.25) is 9.59 Å². The summed E-state index contributed by atoms with van der Waals surface area (Å²) in [6.45, 7) is 2.56. The molecular formula is C17H21N5O2. The molecule has 1 fully saturated rings. The maximum atomic E-state index is 12.0. The Morgan fingerprint density at radius 2 is 2.00 bits per heavy atom. The molecule has 0 saturated heterocycles. The molecule has 0 atom stereocenters. The Bertz CT molecular complexity index is 719. The second kappa shape index (κ2) is 7.25. The van der Waals surface area contributed by atoms with E-state index in [1.807, 2.05) is 31.2 Å². The van der Waals surface area contributed by atoms with Crippen molar-refractivity contribution >= 4 is 17.6 Å². The van der Waals surface area contributed by atoms with Crippen LogP contribution in [0.2, 0.25) is 0 Å². The number of rotatable bonds is 6. The molecule has 3 rings (SSSR count). The summed E-state index contributed by atoms with van der Waals surface area (Å²) in [5.74, 6) is 0.306. The van der Waals surface area contributed by atoms with Crippen molar-refractivity contribution in [3.63, 3.8) is 0 Å². The van der Waals surface area contributed by atoms with E-state index in [9.17, 15) is 9.59 Å². The molecule has 0 unspecified atom stereocenters. The molecule has 1 aromatic carbocycles. The maximum absolute atomic E-state index is 12.0. The number of amides is 2. The summed E-state index contributed by atoms with van der Waals surface area (Å²) in [5.41, 5.74) is 2.23. The third-order valence-electron chi connectivity index (χ3n) is 4.18. The van der Waals surface area contributed by atoms with Gasteiger partial charge in [-0.15, -0.1) is 5.10 Å². The van der Waals surface area contributed by atoms with Crippen molar-refractivity contribution in [2.45, 2.75) is 39.3 Å². The maximum Gasteiger partial charge on any atom is 0.242 e. The van der Waals surface area contributed by atoms with E-state index in [0.29, 0.717) is 12.4 Å². The number of benzene rings is 1. The number of carbonyl (C=O) groups excluding carboxylic acids is 2. The standard InChI is InChI=1S/C17H21N5O2/c1-12-5-7-13(8-6-12)9-18-16(23)11-22-10-15(20-21-22)19-17(24)14-3-2-4-14/h5-8,10,14H,2-4,9,11H2,1H3,(H,18,23)(H,19,24). The van der Waals surface area contributed by atoms with Crippen LogP contribution in [0.5, 0.6) is 0 Å². The zero-order chi connectivity index (χ0) is 16.9. The molecule has 24 heavy (non-hydrogen) atoms. The van der Waals surface area contributed by atoms with E-state index in [-0.39, 0.29) is 24.3 Å². The second-order valence-corrected chi connectivity index (χ2v) is 6.18. The number of hydrogen-bond acceptors (Lipinski definition) is 4. The summed E-state index contributed by atoms with van der Waals surface area (Å²) < 4.78 is 1.42. The van der Waals surface area contributed by atoms with Gasteiger partial charge in [-0.25, -0.2) is 4.68 Å². The van der Waals surface area contributed by atoms with Gasteiger partial charge in [0.1, 0.15) is 6.54 Å². The van der Waals surface area contributed by atoms with Gasteiger partial charge in [-0.1, -0.05) is 41.5 Å². The number of nitrogens with one attached hydrogen (secondary N) is 2. The first kappa shape index (κ1) is 16.2. The van der Waals surface area contributed by atoms with E-state index in [1.165, 1.54) is 10.2 Å². The van der Waals surface area contributed by atoms with Crippen LogP contribution in [-0.2, 0) is 22.7 Å².